The van der Waals surface area contributed by atoms with Crippen LogP contribution in [0.5, 0.6) is 11.5 Å². The zero-order valence-corrected chi connectivity index (χ0v) is 11.9. The number of nitrogens with one attached hydrogen (secondary N) is 1. The van der Waals surface area contributed by atoms with Gasteiger partial charge in [0, 0.05) is 44.3 Å². The molecule has 2 heterocycles. The molecule has 0 saturated heterocycles. The second-order valence-corrected chi connectivity index (χ2v) is 4.12. The van der Waals surface area contributed by atoms with Gasteiger partial charge in [-0.2, -0.15) is 0 Å². The van der Waals surface area contributed by atoms with Crippen LogP contribution >= 0.6 is 0 Å². The Balaban J connectivity index is 2.20. The van der Waals surface area contributed by atoms with Crippen LogP contribution in [-0.4, -0.2) is 30.3 Å². The lowest BCUT2D eigenvalue weighted by Gasteiger charge is -2.07. The number of pyridine rings is 2. The molecule has 0 aliphatic carbocycles. The number of hydrogen-bond donors (Lipinski definition) is 2. The van der Waals surface area contributed by atoms with Crippen LogP contribution in [0.15, 0.2) is 47.9 Å². The summed E-state index contributed by atoms with van der Waals surface area (Å²) in [6.45, 7) is 0. The number of hydrogen-bond acceptors (Lipinski definition) is 6. The molecule has 0 unspecified atom stereocenters. The molecule has 0 aromatic carbocycles. The summed E-state index contributed by atoms with van der Waals surface area (Å²) in [5, 5.41) is 2.95. The molecule has 6 heteroatoms. The number of allylic oxidation sites excluding steroid dienone is 1. The molecule has 0 aliphatic heterocycles. The van der Waals surface area contributed by atoms with Gasteiger partial charge in [-0.3, -0.25) is 9.98 Å². The van der Waals surface area contributed by atoms with Gasteiger partial charge in [0.25, 0.3) is 0 Å². The molecule has 21 heavy (non-hydrogen) atoms. The summed E-state index contributed by atoms with van der Waals surface area (Å²) < 4.78 is 5.75. The molecule has 6 nitrogen and oxygen atoms in total. The van der Waals surface area contributed by atoms with E-state index in [2.05, 4.69) is 20.3 Å². The van der Waals surface area contributed by atoms with E-state index >= 15 is 0 Å². The molecule has 0 spiro atoms. The Morgan fingerprint density at radius 2 is 2.14 bits per heavy atom. The Kier molecular flexibility index (Phi) is 4.87. The predicted octanol–water partition coefficient (Wildman–Crippen LogP) is 2.31. The Morgan fingerprint density at radius 3 is 2.76 bits per heavy atom. The zero-order chi connectivity index (χ0) is 15.1. The van der Waals surface area contributed by atoms with Gasteiger partial charge in [-0.25, -0.2) is 4.98 Å². The number of aliphatic imine (C=N–C) groups is 1. The van der Waals surface area contributed by atoms with E-state index in [4.69, 9.17) is 10.5 Å². The van der Waals surface area contributed by atoms with Crippen LogP contribution < -0.4 is 15.8 Å². The van der Waals surface area contributed by atoms with Crippen molar-refractivity contribution in [3.05, 3.63) is 48.6 Å². The molecule has 2 aromatic heterocycles. The first-order valence-corrected chi connectivity index (χ1v) is 6.39. The fraction of sp³-hybridized carbons (Fsp3) is 0.133. The normalized spacial score (nSPS) is 11.6. The highest BCUT2D eigenvalue weighted by Gasteiger charge is 2.04. The van der Waals surface area contributed by atoms with Gasteiger partial charge >= 0.3 is 0 Å². The Hall–Kier alpha value is -2.89. The van der Waals surface area contributed by atoms with Crippen molar-refractivity contribution >= 4 is 17.6 Å². The first-order chi connectivity index (χ1) is 10.3. The average Bonchev–Trinajstić information content (AvgIpc) is 2.53. The van der Waals surface area contributed by atoms with Gasteiger partial charge in [0.05, 0.1) is 11.9 Å². The maximum absolute atomic E-state index is 5.75. The lowest BCUT2D eigenvalue weighted by molar-refractivity contribution is 0.479. The molecule has 108 valence electrons. The fourth-order valence-electron chi connectivity index (χ4n) is 1.69. The first kappa shape index (κ1) is 14.5. The Morgan fingerprint density at radius 1 is 1.29 bits per heavy atom. The molecule has 0 aliphatic rings. The van der Waals surface area contributed by atoms with Gasteiger partial charge in [-0.05, 0) is 18.2 Å². The van der Waals surface area contributed by atoms with Crippen molar-refractivity contribution in [2.75, 3.05) is 19.4 Å². The maximum atomic E-state index is 5.75. The lowest BCUT2D eigenvalue weighted by atomic mass is 10.2. The van der Waals surface area contributed by atoms with Gasteiger partial charge < -0.3 is 15.8 Å². The summed E-state index contributed by atoms with van der Waals surface area (Å²) in [6, 6.07) is 7.25. The second kappa shape index (κ2) is 7.04. The molecule has 3 N–H and O–H groups in total. The number of anilines is 1. The molecule has 0 amide bonds. The number of aromatic nitrogens is 2. The van der Waals surface area contributed by atoms with Gasteiger partial charge in [-0.1, -0.05) is 0 Å². The number of rotatable bonds is 5. The van der Waals surface area contributed by atoms with Crippen molar-refractivity contribution in [2.24, 2.45) is 10.7 Å². The minimum atomic E-state index is 0.647. The highest BCUT2D eigenvalue weighted by Crippen LogP contribution is 2.23. The molecule has 2 rings (SSSR count). The molecular formula is C15H17N5O. The van der Waals surface area contributed by atoms with Crippen LogP contribution in [0, 0.1) is 0 Å². The fourth-order valence-corrected chi connectivity index (χ4v) is 1.69. The molecule has 2 aromatic rings. The largest absolute Gasteiger partial charge is 0.456 e. The van der Waals surface area contributed by atoms with Crippen molar-refractivity contribution in [2.45, 2.75) is 0 Å². The smallest absolute Gasteiger partial charge is 0.145 e. The molecule has 0 radical (unpaired) electrons. The molecule has 0 bridgehead atoms. The van der Waals surface area contributed by atoms with Crippen molar-refractivity contribution in [3.63, 3.8) is 0 Å². The Labute approximate surface area is 123 Å². The maximum Gasteiger partial charge on any atom is 0.145 e. The van der Waals surface area contributed by atoms with E-state index in [1.54, 1.807) is 37.8 Å². The predicted molar refractivity (Wildman–Crippen MR) is 84.7 cm³/mol. The molecule has 0 fully saturated rings. The number of ether oxygens (including phenoxy) is 1. The van der Waals surface area contributed by atoms with E-state index in [0.29, 0.717) is 17.2 Å². The van der Waals surface area contributed by atoms with Crippen molar-refractivity contribution in [3.8, 4) is 11.5 Å². The summed E-state index contributed by atoms with van der Waals surface area (Å²) in [5.41, 5.74) is 7.00. The van der Waals surface area contributed by atoms with E-state index in [1.807, 2.05) is 19.2 Å². The lowest BCUT2D eigenvalue weighted by Crippen LogP contribution is -1.96. The highest BCUT2D eigenvalue weighted by atomic mass is 16.5. The van der Waals surface area contributed by atoms with Crippen LogP contribution in [0.4, 0.5) is 5.82 Å². The monoisotopic (exact) mass is 283 g/mol. The van der Waals surface area contributed by atoms with Crippen LogP contribution in [0.1, 0.15) is 5.69 Å². The topological polar surface area (TPSA) is 85.4 Å². The molecule has 0 saturated carbocycles. The third kappa shape index (κ3) is 3.79. The summed E-state index contributed by atoms with van der Waals surface area (Å²) in [5.74, 6) is 2.08. The number of nitrogens with zero attached hydrogens (tertiary/aromatic N) is 3. The van der Waals surface area contributed by atoms with E-state index in [9.17, 15) is 0 Å². The average molecular weight is 283 g/mol. The van der Waals surface area contributed by atoms with E-state index < -0.39 is 0 Å². The standard InChI is InChI=1S/C15H17N5O/c1-17-9-11(8-16)14-7-12(5-6-19-14)21-13-3-4-15(18-2)20-10-13/h3-10H,16H2,1-2H3,(H,18,20). The van der Waals surface area contributed by atoms with Crippen LogP contribution in [0.3, 0.4) is 0 Å². The van der Waals surface area contributed by atoms with Gasteiger partial charge in [0.2, 0.25) is 0 Å². The van der Waals surface area contributed by atoms with Gasteiger partial charge in [0.1, 0.15) is 17.3 Å². The highest BCUT2D eigenvalue weighted by molar-refractivity contribution is 6.08. The van der Waals surface area contributed by atoms with Gasteiger partial charge in [0.15, 0.2) is 0 Å². The van der Waals surface area contributed by atoms with E-state index in [1.165, 1.54) is 6.20 Å². The van der Waals surface area contributed by atoms with E-state index in [0.717, 1.165) is 11.4 Å². The van der Waals surface area contributed by atoms with Crippen molar-refractivity contribution in [1.29, 1.82) is 0 Å². The van der Waals surface area contributed by atoms with Crippen molar-refractivity contribution < 1.29 is 4.74 Å². The quantitative estimate of drug-likeness (QED) is 0.822. The van der Waals surface area contributed by atoms with Crippen LogP contribution in [-0.2, 0) is 0 Å². The molecular weight excluding hydrogens is 266 g/mol. The summed E-state index contributed by atoms with van der Waals surface area (Å²) in [4.78, 5) is 12.4. The van der Waals surface area contributed by atoms with E-state index in [-0.39, 0.29) is 0 Å². The van der Waals surface area contributed by atoms with Gasteiger partial charge in [-0.15, -0.1) is 0 Å². The molecule has 0 atom stereocenters. The summed E-state index contributed by atoms with van der Waals surface area (Å²) in [6.07, 6.45) is 6.42. The first-order valence-electron chi connectivity index (χ1n) is 6.39. The summed E-state index contributed by atoms with van der Waals surface area (Å²) in [7, 11) is 3.49. The van der Waals surface area contributed by atoms with Crippen LogP contribution in [0.2, 0.25) is 0 Å². The van der Waals surface area contributed by atoms with Crippen LogP contribution in [0.25, 0.3) is 5.57 Å². The summed E-state index contributed by atoms with van der Waals surface area (Å²) >= 11 is 0. The minimum Gasteiger partial charge on any atom is -0.456 e. The van der Waals surface area contributed by atoms with Crippen molar-refractivity contribution in [1.82, 2.24) is 9.97 Å². The third-order valence-electron chi connectivity index (χ3n) is 2.70. The zero-order valence-electron chi connectivity index (χ0n) is 11.9. The second-order valence-electron chi connectivity index (χ2n) is 4.12. The SMILES string of the molecule is CN=CC(=CN)c1cc(Oc2ccc(NC)nc2)ccn1. The number of nitrogens with two attached hydrogens (primary N) is 1. The Bertz CT molecular complexity index is 649. The third-order valence-corrected chi connectivity index (χ3v) is 2.70. The minimum absolute atomic E-state index is 0.647.